The second-order valence-corrected chi connectivity index (χ2v) is 3.61. The van der Waals surface area contributed by atoms with Gasteiger partial charge in [0.25, 0.3) is 5.91 Å². The molecule has 1 aromatic heterocycles. The van der Waals surface area contributed by atoms with Gasteiger partial charge in [-0.25, -0.2) is 4.39 Å². The molecule has 1 N–H and O–H groups in total. The van der Waals surface area contributed by atoms with Gasteiger partial charge in [0.2, 0.25) is 0 Å². The lowest BCUT2D eigenvalue weighted by Gasteiger charge is -2.06. The summed E-state index contributed by atoms with van der Waals surface area (Å²) in [6, 6.07) is 7.96. The van der Waals surface area contributed by atoms with Crippen LogP contribution in [-0.2, 0) is 13.6 Å². The summed E-state index contributed by atoms with van der Waals surface area (Å²) in [7, 11) is 1.68. The van der Waals surface area contributed by atoms with Gasteiger partial charge in [0.15, 0.2) is 0 Å². The number of rotatable bonds is 3. The van der Waals surface area contributed by atoms with Gasteiger partial charge in [0.05, 0.1) is 0 Å². The smallest absolute Gasteiger partial charge is 0.269 e. The summed E-state index contributed by atoms with van der Waals surface area (Å²) in [6.07, 6.45) is 1.54. The Morgan fingerprint density at radius 3 is 2.82 bits per heavy atom. The van der Waals surface area contributed by atoms with Crippen molar-refractivity contribution in [3.8, 4) is 0 Å². The normalized spacial score (nSPS) is 10.2. The van der Waals surface area contributed by atoms with E-state index in [4.69, 9.17) is 0 Å². The molecule has 2 rings (SSSR count). The average Bonchev–Trinajstić information content (AvgIpc) is 2.74. The van der Waals surface area contributed by atoms with Crippen LogP contribution in [0.5, 0.6) is 0 Å². The van der Waals surface area contributed by atoms with Gasteiger partial charge in [-0.1, -0.05) is 18.2 Å². The van der Waals surface area contributed by atoms with E-state index >= 15 is 0 Å². The fourth-order valence-electron chi connectivity index (χ4n) is 1.50. The highest BCUT2D eigenvalue weighted by Crippen LogP contribution is 2.06. The van der Waals surface area contributed by atoms with Gasteiger partial charge >= 0.3 is 0 Å². The molecule has 0 atom stereocenters. The number of hydrogen-bond donors (Lipinski definition) is 1. The zero-order valence-corrected chi connectivity index (χ0v) is 9.35. The van der Waals surface area contributed by atoms with Crippen LogP contribution in [0.15, 0.2) is 36.5 Å². The van der Waals surface area contributed by atoms with Crippen molar-refractivity contribution in [2.45, 2.75) is 6.54 Å². The number of aryl methyl sites for hydroxylation is 1. The Kier molecular flexibility index (Phi) is 3.18. The maximum Gasteiger partial charge on any atom is 0.269 e. The first-order chi connectivity index (χ1) is 8.18. The summed E-state index contributed by atoms with van der Waals surface area (Å²) in [5, 5.41) is 6.54. The lowest BCUT2D eigenvalue weighted by molar-refractivity contribution is 0.0941. The molecule has 0 spiro atoms. The molecule has 17 heavy (non-hydrogen) atoms. The Morgan fingerprint density at radius 2 is 2.18 bits per heavy atom. The Bertz CT molecular complexity index is 536. The van der Waals surface area contributed by atoms with Crippen LogP contribution < -0.4 is 5.32 Å². The van der Waals surface area contributed by atoms with Crippen molar-refractivity contribution >= 4 is 5.91 Å². The highest BCUT2D eigenvalue weighted by atomic mass is 19.1. The Balaban J connectivity index is 2.02. The van der Waals surface area contributed by atoms with Gasteiger partial charge in [-0.3, -0.25) is 9.48 Å². The minimum Gasteiger partial charge on any atom is -0.347 e. The zero-order chi connectivity index (χ0) is 12.3. The average molecular weight is 233 g/mol. The molecular weight excluding hydrogens is 221 g/mol. The highest BCUT2D eigenvalue weighted by Gasteiger charge is 2.09. The molecule has 0 saturated carbocycles. The summed E-state index contributed by atoms with van der Waals surface area (Å²) in [5.74, 6) is -0.592. The van der Waals surface area contributed by atoms with E-state index in [2.05, 4.69) is 10.4 Å². The first-order valence-electron chi connectivity index (χ1n) is 5.18. The predicted octanol–water partition coefficient (Wildman–Crippen LogP) is 1.49. The summed E-state index contributed by atoms with van der Waals surface area (Å²) < 4.78 is 14.8. The minimum absolute atomic E-state index is 0.163. The highest BCUT2D eigenvalue weighted by molar-refractivity contribution is 5.92. The van der Waals surface area contributed by atoms with Crippen molar-refractivity contribution in [2.75, 3.05) is 0 Å². The summed E-state index contributed by atoms with van der Waals surface area (Å²) in [5.41, 5.74) is 0.907. The van der Waals surface area contributed by atoms with E-state index in [0.29, 0.717) is 11.3 Å². The SMILES string of the molecule is Cn1nccc1C(=O)NCc1ccccc1F. The van der Waals surface area contributed by atoms with Crippen LogP contribution in [0.25, 0.3) is 0 Å². The monoisotopic (exact) mass is 233 g/mol. The van der Waals surface area contributed by atoms with E-state index in [1.54, 1.807) is 31.3 Å². The largest absolute Gasteiger partial charge is 0.347 e. The Morgan fingerprint density at radius 1 is 1.41 bits per heavy atom. The van der Waals surface area contributed by atoms with E-state index in [9.17, 15) is 9.18 Å². The van der Waals surface area contributed by atoms with Gasteiger partial charge in [0, 0.05) is 25.4 Å². The number of aromatic nitrogens is 2. The summed E-state index contributed by atoms with van der Waals surface area (Å²) >= 11 is 0. The zero-order valence-electron chi connectivity index (χ0n) is 9.35. The number of nitrogens with zero attached hydrogens (tertiary/aromatic N) is 2. The van der Waals surface area contributed by atoms with Crippen LogP contribution in [0.4, 0.5) is 4.39 Å². The lowest BCUT2D eigenvalue weighted by atomic mass is 10.2. The van der Waals surface area contributed by atoms with Crippen LogP contribution in [0.3, 0.4) is 0 Å². The number of nitrogens with one attached hydrogen (secondary N) is 1. The Labute approximate surface area is 98.1 Å². The van der Waals surface area contributed by atoms with E-state index < -0.39 is 0 Å². The molecule has 2 aromatic rings. The Hall–Kier alpha value is -2.17. The molecule has 88 valence electrons. The quantitative estimate of drug-likeness (QED) is 0.873. The number of carbonyl (C=O) groups excluding carboxylic acids is 1. The van der Waals surface area contributed by atoms with Crippen molar-refractivity contribution in [1.29, 1.82) is 0 Å². The van der Waals surface area contributed by atoms with E-state index in [1.165, 1.54) is 16.9 Å². The molecule has 0 bridgehead atoms. The van der Waals surface area contributed by atoms with E-state index in [0.717, 1.165) is 0 Å². The van der Waals surface area contributed by atoms with Crippen molar-refractivity contribution in [2.24, 2.45) is 7.05 Å². The molecule has 1 aromatic carbocycles. The fourth-order valence-corrected chi connectivity index (χ4v) is 1.50. The maximum absolute atomic E-state index is 13.3. The van der Waals surface area contributed by atoms with Gasteiger partial charge in [-0.15, -0.1) is 0 Å². The molecule has 0 aliphatic rings. The third-order valence-corrected chi connectivity index (χ3v) is 2.45. The standard InChI is InChI=1S/C12H12FN3O/c1-16-11(6-7-15-16)12(17)14-8-9-4-2-3-5-10(9)13/h2-7H,8H2,1H3,(H,14,17). The van der Waals surface area contributed by atoms with E-state index in [-0.39, 0.29) is 18.3 Å². The number of amides is 1. The first-order valence-corrected chi connectivity index (χ1v) is 5.18. The van der Waals surface area contributed by atoms with Gasteiger partial charge < -0.3 is 5.32 Å². The third kappa shape index (κ3) is 2.50. The molecule has 0 aliphatic carbocycles. The molecule has 0 radical (unpaired) electrons. The van der Waals surface area contributed by atoms with Crippen molar-refractivity contribution in [3.63, 3.8) is 0 Å². The molecular formula is C12H12FN3O. The summed E-state index contributed by atoms with van der Waals surface area (Å²) in [4.78, 5) is 11.7. The second kappa shape index (κ2) is 4.78. The van der Waals surface area contributed by atoms with Crippen LogP contribution in [0, 0.1) is 5.82 Å². The van der Waals surface area contributed by atoms with Crippen LogP contribution >= 0.6 is 0 Å². The van der Waals surface area contributed by atoms with Crippen LogP contribution in [0.2, 0.25) is 0 Å². The molecule has 0 saturated heterocycles. The predicted molar refractivity (Wildman–Crippen MR) is 60.8 cm³/mol. The van der Waals surface area contributed by atoms with Gasteiger partial charge in [-0.05, 0) is 12.1 Å². The van der Waals surface area contributed by atoms with Gasteiger partial charge in [0.1, 0.15) is 11.5 Å². The molecule has 0 unspecified atom stereocenters. The van der Waals surface area contributed by atoms with E-state index in [1.807, 2.05) is 0 Å². The third-order valence-electron chi connectivity index (χ3n) is 2.45. The van der Waals surface area contributed by atoms with Crippen LogP contribution in [-0.4, -0.2) is 15.7 Å². The number of carbonyl (C=O) groups is 1. The number of benzene rings is 1. The second-order valence-electron chi connectivity index (χ2n) is 3.61. The fraction of sp³-hybridized carbons (Fsp3) is 0.167. The topological polar surface area (TPSA) is 46.9 Å². The van der Waals surface area contributed by atoms with Crippen molar-refractivity contribution < 1.29 is 9.18 Å². The molecule has 1 heterocycles. The minimum atomic E-state index is -0.321. The molecule has 0 aliphatic heterocycles. The molecule has 0 fully saturated rings. The maximum atomic E-state index is 13.3. The van der Waals surface area contributed by atoms with Crippen molar-refractivity contribution in [3.05, 3.63) is 53.6 Å². The van der Waals surface area contributed by atoms with Crippen molar-refractivity contribution in [1.82, 2.24) is 15.1 Å². The first kappa shape index (κ1) is 11.3. The van der Waals surface area contributed by atoms with Crippen LogP contribution in [0.1, 0.15) is 16.1 Å². The number of hydrogen-bond acceptors (Lipinski definition) is 2. The lowest BCUT2D eigenvalue weighted by Crippen LogP contribution is -2.25. The molecule has 4 nitrogen and oxygen atoms in total. The summed E-state index contributed by atoms with van der Waals surface area (Å²) in [6.45, 7) is 0.163. The number of halogens is 1. The van der Waals surface area contributed by atoms with Gasteiger partial charge in [-0.2, -0.15) is 5.10 Å². The molecule has 5 heteroatoms. The molecule has 1 amide bonds.